The normalized spacial score (nSPS) is 17.3. The first-order chi connectivity index (χ1) is 10.0. The van der Waals surface area contributed by atoms with Gasteiger partial charge in [-0.05, 0) is 12.1 Å². The van der Waals surface area contributed by atoms with E-state index in [4.69, 9.17) is 15.2 Å². The van der Waals surface area contributed by atoms with Crippen molar-refractivity contribution in [3.63, 3.8) is 0 Å². The number of nitrogens with one attached hydrogen (secondary N) is 1. The van der Waals surface area contributed by atoms with Gasteiger partial charge in [-0.3, -0.25) is 9.59 Å². The fraction of sp³-hybridized carbons (Fsp3) is 0.308. The molecule has 2 amide bonds. The molecule has 8 heteroatoms. The third kappa shape index (κ3) is 3.66. The molecule has 1 heterocycles. The van der Waals surface area contributed by atoms with E-state index in [9.17, 15) is 9.59 Å². The Morgan fingerprint density at radius 3 is 2.67 bits per heavy atom. The molecule has 1 atom stereocenters. The number of amides is 2. The summed E-state index contributed by atoms with van der Waals surface area (Å²) in [5, 5.41) is 2.35. The average molecular weight is 309 g/mol. The number of methoxy groups -OCH3 is 2. The van der Waals surface area contributed by atoms with Gasteiger partial charge >= 0.3 is 0 Å². The number of nitrogens with two attached hydrogens (primary N) is 1. The number of anilines is 1. The van der Waals surface area contributed by atoms with Crippen molar-refractivity contribution >= 4 is 34.4 Å². The van der Waals surface area contributed by atoms with Gasteiger partial charge in [0.05, 0.1) is 14.2 Å². The van der Waals surface area contributed by atoms with Crippen LogP contribution in [0, 0.1) is 0 Å². The highest BCUT2D eigenvalue weighted by Gasteiger charge is 2.29. The molecule has 3 N–H and O–H groups in total. The van der Waals surface area contributed by atoms with Crippen LogP contribution in [0.15, 0.2) is 23.2 Å². The lowest BCUT2D eigenvalue weighted by molar-refractivity contribution is -0.121. The molecule has 7 nitrogen and oxygen atoms in total. The van der Waals surface area contributed by atoms with Crippen LogP contribution in [0.4, 0.5) is 5.69 Å². The second kappa shape index (κ2) is 6.49. The predicted molar refractivity (Wildman–Crippen MR) is 80.8 cm³/mol. The SMILES string of the molecule is COc1ccc(NC(=O)CC2SC(N)=NC2=O)cc1OC. The van der Waals surface area contributed by atoms with Gasteiger partial charge in [0.15, 0.2) is 16.7 Å². The Labute approximate surface area is 125 Å². The minimum absolute atomic E-state index is 0.0159. The zero-order valence-corrected chi connectivity index (χ0v) is 12.4. The number of thioether (sulfide) groups is 1. The lowest BCUT2D eigenvalue weighted by atomic mass is 10.2. The summed E-state index contributed by atoms with van der Waals surface area (Å²) in [7, 11) is 3.04. The van der Waals surface area contributed by atoms with Crippen LogP contribution in [-0.2, 0) is 9.59 Å². The zero-order chi connectivity index (χ0) is 15.4. The van der Waals surface area contributed by atoms with Crippen LogP contribution < -0.4 is 20.5 Å². The minimum Gasteiger partial charge on any atom is -0.493 e. The summed E-state index contributed by atoms with van der Waals surface area (Å²) >= 11 is 1.10. The standard InChI is InChI=1S/C13H15N3O4S/c1-19-8-4-3-7(5-9(8)20-2)15-11(17)6-10-12(18)16-13(14)21-10/h3-5,10H,6H2,1-2H3,(H,15,17)(H2,14,16,18). The molecule has 21 heavy (non-hydrogen) atoms. The van der Waals surface area contributed by atoms with Gasteiger partial charge in [-0.1, -0.05) is 11.8 Å². The van der Waals surface area contributed by atoms with Gasteiger partial charge in [0.25, 0.3) is 5.91 Å². The van der Waals surface area contributed by atoms with E-state index < -0.39 is 5.25 Å². The number of rotatable bonds is 5. The number of hydrogen-bond donors (Lipinski definition) is 2. The van der Waals surface area contributed by atoms with Crippen molar-refractivity contribution in [3.8, 4) is 11.5 Å². The molecule has 0 aliphatic carbocycles. The molecule has 0 aromatic heterocycles. The van der Waals surface area contributed by atoms with Gasteiger partial charge in [-0.15, -0.1) is 0 Å². The van der Waals surface area contributed by atoms with Crippen molar-refractivity contribution in [2.75, 3.05) is 19.5 Å². The van der Waals surface area contributed by atoms with E-state index in [0.29, 0.717) is 17.2 Å². The molecule has 2 rings (SSSR count). The molecule has 0 spiro atoms. The number of nitrogens with zero attached hydrogens (tertiary/aromatic N) is 1. The van der Waals surface area contributed by atoms with Crippen LogP contribution in [0.3, 0.4) is 0 Å². The first-order valence-corrected chi connectivity index (χ1v) is 6.98. The number of hydrogen-bond acceptors (Lipinski definition) is 6. The quantitative estimate of drug-likeness (QED) is 0.840. The molecule has 1 aliphatic heterocycles. The van der Waals surface area contributed by atoms with Gasteiger partial charge in [0, 0.05) is 18.2 Å². The lowest BCUT2D eigenvalue weighted by Gasteiger charge is -2.11. The highest BCUT2D eigenvalue weighted by molar-refractivity contribution is 8.15. The number of carbonyl (C=O) groups excluding carboxylic acids is 2. The molecular formula is C13H15N3O4S. The Balaban J connectivity index is 1.98. The first-order valence-electron chi connectivity index (χ1n) is 6.10. The maximum atomic E-state index is 11.9. The second-order valence-corrected chi connectivity index (χ2v) is 5.44. The van der Waals surface area contributed by atoms with Crippen LogP contribution in [-0.4, -0.2) is 36.5 Å². The Morgan fingerprint density at radius 1 is 1.38 bits per heavy atom. The van der Waals surface area contributed by atoms with Gasteiger partial charge in [0.2, 0.25) is 5.91 Å². The van der Waals surface area contributed by atoms with E-state index in [2.05, 4.69) is 10.3 Å². The van der Waals surface area contributed by atoms with Crippen molar-refractivity contribution in [2.24, 2.45) is 10.7 Å². The summed E-state index contributed by atoms with van der Waals surface area (Å²) in [6.45, 7) is 0. The molecule has 1 aliphatic rings. The highest BCUT2D eigenvalue weighted by atomic mass is 32.2. The van der Waals surface area contributed by atoms with Gasteiger partial charge < -0.3 is 20.5 Å². The topological polar surface area (TPSA) is 103 Å². The van der Waals surface area contributed by atoms with Crippen LogP contribution in [0.2, 0.25) is 0 Å². The molecule has 0 saturated carbocycles. The van der Waals surface area contributed by atoms with Gasteiger partial charge in [-0.25, -0.2) is 0 Å². The molecule has 0 radical (unpaired) electrons. The molecule has 112 valence electrons. The summed E-state index contributed by atoms with van der Waals surface area (Å²) in [5.74, 6) is 0.408. The minimum atomic E-state index is -0.551. The number of benzene rings is 1. The van der Waals surface area contributed by atoms with E-state index in [1.54, 1.807) is 18.2 Å². The second-order valence-electron chi connectivity index (χ2n) is 4.22. The summed E-state index contributed by atoms with van der Waals surface area (Å²) in [4.78, 5) is 27.0. The number of amidine groups is 1. The van der Waals surface area contributed by atoms with Crippen molar-refractivity contribution in [1.82, 2.24) is 0 Å². The summed E-state index contributed by atoms with van der Waals surface area (Å²) in [5.41, 5.74) is 6.00. The Bertz CT molecular complexity index is 603. The maximum Gasteiger partial charge on any atom is 0.262 e. The molecule has 1 aromatic rings. The van der Waals surface area contributed by atoms with Crippen molar-refractivity contribution in [3.05, 3.63) is 18.2 Å². The predicted octanol–water partition coefficient (Wildman–Crippen LogP) is 0.989. The Morgan fingerprint density at radius 2 is 2.10 bits per heavy atom. The third-order valence-electron chi connectivity index (χ3n) is 2.80. The van der Waals surface area contributed by atoms with Crippen molar-refractivity contribution < 1.29 is 19.1 Å². The summed E-state index contributed by atoms with van der Waals surface area (Å²) < 4.78 is 10.3. The molecule has 1 unspecified atom stereocenters. The molecule has 0 bridgehead atoms. The van der Waals surface area contributed by atoms with Crippen LogP contribution in [0.25, 0.3) is 0 Å². The fourth-order valence-electron chi connectivity index (χ4n) is 1.83. The average Bonchev–Trinajstić information content (AvgIpc) is 2.76. The number of carbonyl (C=O) groups is 2. The largest absolute Gasteiger partial charge is 0.493 e. The number of ether oxygens (including phenoxy) is 2. The fourth-order valence-corrected chi connectivity index (χ4v) is 2.65. The van der Waals surface area contributed by atoms with Crippen LogP contribution in [0.1, 0.15) is 6.42 Å². The Kier molecular flexibility index (Phi) is 4.69. The van der Waals surface area contributed by atoms with Crippen molar-refractivity contribution in [2.45, 2.75) is 11.7 Å². The monoisotopic (exact) mass is 309 g/mol. The van der Waals surface area contributed by atoms with E-state index in [-0.39, 0.29) is 23.4 Å². The molecule has 0 fully saturated rings. The third-order valence-corrected chi connectivity index (χ3v) is 3.78. The maximum absolute atomic E-state index is 11.9. The smallest absolute Gasteiger partial charge is 0.262 e. The van der Waals surface area contributed by atoms with E-state index in [1.165, 1.54) is 14.2 Å². The van der Waals surface area contributed by atoms with E-state index >= 15 is 0 Å². The number of aliphatic imine (C=N–C) groups is 1. The van der Waals surface area contributed by atoms with Crippen LogP contribution in [0.5, 0.6) is 11.5 Å². The Hall–Kier alpha value is -2.22. The first kappa shape index (κ1) is 15.2. The van der Waals surface area contributed by atoms with E-state index in [1.807, 2.05) is 0 Å². The molecule has 0 saturated heterocycles. The highest BCUT2D eigenvalue weighted by Crippen LogP contribution is 2.30. The summed E-state index contributed by atoms with van der Waals surface area (Å²) in [6, 6.07) is 5.02. The van der Waals surface area contributed by atoms with Crippen LogP contribution >= 0.6 is 11.8 Å². The zero-order valence-electron chi connectivity index (χ0n) is 11.6. The van der Waals surface area contributed by atoms with Gasteiger partial charge in [-0.2, -0.15) is 4.99 Å². The van der Waals surface area contributed by atoms with Crippen molar-refractivity contribution in [1.29, 1.82) is 0 Å². The van der Waals surface area contributed by atoms with Gasteiger partial charge in [0.1, 0.15) is 5.25 Å². The summed E-state index contributed by atoms with van der Waals surface area (Å²) in [6.07, 6.45) is 0.0159. The molecule has 1 aromatic carbocycles. The lowest BCUT2D eigenvalue weighted by Crippen LogP contribution is -2.21. The van der Waals surface area contributed by atoms with E-state index in [0.717, 1.165) is 11.8 Å². The molecular weight excluding hydrogens is 294 g/mol.